The summed E-state index contributed by atoms with van der Waals surface area (Å²) in [6.07, 6.45) is 11.3. The van der Waals surface area contributed by atoms with E-state index in [9.17, 15) is 0 Å². The summed E-state index contributed by atoms with van der Waals surface area (Å²) in [6, 6.07) is 0.674. The minimum atomic E-state index is 0.230. The Hall–Kier alpha value is -0.160. The van der Waals surface area contributed by atoms with Crippen LogP contribution in [-0.2, 0) is 4.74 Å². The highest BCUT2D eigenvalue weighted by Crippen LogP contribution is 2.43. The van der Waals surface area contributed by atoms with Gasteiger partial charge in [-0.15, -0.1) is 0 Å². The molecule has 3 aliphatic rings. The summed E-state index contributed by atoms with van der Waals surface area (Å²) in [5, 5.41) is 12.8. The molecule has 146 valence electrons. The van der Waals surface area contributed by atoms with E-state index in [0.717, 1.165) is 18.9 Å². The van der Waals surface area contributed by atoms with E-state index < -0.39 is 0 Å². The molecule has 4 nitrogen and oxygen atoms in total. The Morgan fingerprint density at radius 2 is 1.88 bits per heavy atom. The van der Waals surface area contributed by atoms with E-state index in [1.165, 1.54) is 51.5 Å². The zero-order valence-electron chi connectivity index (χ0n) is 16.7. The highest BCUT2D eigenvalue weighted by molar-refractivity contribution is 5.01. The van der Waals surface area contributed by atoms with Crippen LogP contribution in [0.25, 0.3) is 0 Å². The third-order valence-corrected chi connectivity index (χ3v) is 6.70. The third-order valence-electron chi connectivity index (χ3n) is 6.70. The highest BCUT2D eigenvalue weighted by atomic mass is 16.5. The van der Waals surface area contributed by atoms with Crippen molar-refractivity contribution in [1.82, 2.24) is 10.2 Å². The number of ether oxygens (including phenoxy) is 1. The molecule has 25 heavy (non-hydrogen) atoms. The van der Waals surface area contributed by atoms with Gasteiger partial charge in [-0.1, -0.05) is 40.0 Å². The summed E-state index contributed by atoms with van der Waals surface area (Å²) in [4.78, 5) is 2.84. The van der Waals surface area contributed by atoms with Crippen LogP contribution >= 0.6 is 0 Å². The fraction of sp³-hybridized carbons (Fsp3) is 1.00. The Bertz CT molecular complexity index is 403. The molecule has 2 saturated heterocycles. The van der Waals surface area contributed by atoms with Gasteiger partial charge in [-0.05, 0) is 49.4 Å². The number of rotatable bonds is 6. The van der Waals surface area contributed by atoms with Crippen LogP contribution in [0.3, 0.4) is 0 Å². The van der Waals surface area contributed by atoms with Gasteiger partial charge in [-0.3, -0.25) is 10.2 Å². The van der Waals surface area contributed by atoms with Crippen molar-refractivity contribution in [1.29, 1.82) is 0 Å². The average molecular weight is 353 g/mol. The Morgan fingerprint density at radius 1 is 1.12 bits per heavy atom. The van der Waals surface area contributed by atoms with Crippen LogP contribution < -0.4 is 5.32 Å². The number of nitrogens with one attached hydrogen (secondary N) is 1. The maximum absolute atomic E-state index is 8.96. The zero-order chi connectivity index (χ0) is 17.9. The normalized spacial score (nSPS) is 35.0. The predicted molar refractivity (Wildman–Crippen MR) is 102 cm³/mol. The van der Waals surface area contributed by atoms with Gasteiger partial charge in [0, 0.05) is 32.3 Å². The summed E-state index contributed by atoms with van der Waals surface area (Å²) in [5.41, 5.74) is 0.334. The first kappa shape index (κ1) is 19.6. The molecule has 4 atom stereocenters. The molecule has 3 fully saturated rings. The number of likely N-dealkylation sites (tertiary alicyclic amines) is 1. The van der Waals surface area contributed by atoms with Crippen LogP contribution in [0.1, 0.15) is 72.1 Å². The molecule has 0 aromatic heterocycles. The molecule has 2 N–H and O–H groups in total. The molecule has 0 aromatic carbocycles. The van der Waals surface area contributed by atoms with Crippen molar-refractivity contribution in [2.75, 3.05) is 26.3 Å². The van der Waals surface area contributed by atoms with E-state index in [4.69, 9.17) is 9.84 Å². The smallest absolute Gasteiger partial charge is 0.0703 e. The maximum Gasteiger partial charge on any atom is 0.0703 e. The lowest BCUT2D eigenvalue weighted by atomic mass is 9.82. The topological polar surface area (TPSA) is 44.7 Å². The van der Waals surface area contributed by atoms with Gasteiger partial charge in [-0.25, -0.2) is 0 Å². The molecule has 0 spiro atoms. The van der Waals surface area contributed by atoms with Crippen LogP contribution in [0.5, 0.6) is 0 Å². The SMILES string of the molecule is CC(C)(C)C1CC2CC(OCCCO)CNC2N1CC1CCCCC1. The van der Waals surface area contributed by atoms with E-state index >= 15 is 0 Å². The fourth-order valence-corrected chi connectivity index (χ4v) is 5.40. The summed E-state index contributed by atoms with van der Waals surface area (Å²) < 4.78 is 6.00. The first-order valence-corrected chi connectivity index (χ1v) is 10.7. The lowest BCUT2D eigenvalue weighted by Crippen LogP contribution is -2.56. The molecule has 1 aliphatic carbocycles. The van der Waals surface area contributed by atoms with E-state index in [2.05, 4.69) is 31.0 Å². The predicted octanol–water partition coefficient (Wildman–Crippen LogP) is 3.39. The molecular formula is C21H40N2O2. The average Bonchev–Trinajstić information content (AvgIpc) is 2.94. The number of nitrogens with zero attached hydrogens (tertiary/aromatic N) is 1. The van der Waals surface area contributed by atoms with Crippen molar-refractivity contribution in [3.05, 3.63) is 0 Å². The number of hydrogen-bond acceptors (Lipinski definition) is 4. The van der Waals surface area contributed by atoms with Gasteiger partial charge in [-0.2, -0.15) is 0 Å². The monoisotopic (exact) mass is 352 g/mol. The minimum absolute atomic E-state index is 0.230. The summed E-state index contributed by atoms with van der Waals surface area (Å²) in [5.74, 6) is 1.61. The fourth-order valence-electron chi connectivity index (χ4n) is 5.40. The van der Waals surface area contributed by atoms with E-state index in [1.54, 1.807) is 0 Å². The Balaban J connectivity index is 1.62. The van der Waals surface area contributed by atoms with Gasteiger partial charge < -0.3 is 9.84 Å². The molecule has 3 rings (SSSR count). The molecule has 0 amide bonds. The number of aliphatic hydroxyl groups is 1. The molecular weight excluding hydrogens is 312 g/mol. The summed E-state index contributed by atoms with van der Waals surface area (Å²) >= 11 is 0. The molecule has 2 heterocycles. The number of aliphatic hydroxyl groups excluding tert-OH is 1. The van der Waals surface area contributed by atoms with Crippen molar-refractivity contribution < 1.29 is 9.84 Å². The van der Waals surface area contributed by atoms with E-state index in [0.29, 0.717) is 36.3 Å². The molecule has 4 unspecified atom stereocenters. The Kier molecular flexibility index (Phi) is 6.81. The second-order valence-electron chi connectivity index (χ2n) is 9.74. The van der Waals surface area contributed by atoms with Crippen LogP contribution in [0.15, 0.2) is 0 Å². The van der Waals surface area contributed by atoms with Gasteiger partial charge in [0.15, 0.2) is 0 Å². The lowest BCUT2D eigenvalue weighted by Gasteiger charge is -2.42. The van der Waals surface area contributed by atoms with Crippen molar-refractivity contribution in [3.63, 3.8) is 0 Å². The lowest BCUT2D eigenvalue weighted by molar-refractivity contribution is -0.0117. The van der Waals surface area contributed by atoms with Crippen LogP contribution in [0, 0.1) is 17.3 Å². The Labute approximate surface area is 154 Å². The summed E-state index contributed by atoms with van der Waals surface area (Å²) in [6.45, 7) is 10.4. The molecule has 1 saturated carbocycles. The highest BCUT2D eigenvalue weighted by Gasteiger charge is 2.48. The van der Waals surface area contributed by atoms with Crippen molar-refractivity contribution in [2.24, 2.45) is 17.3 Å². The molecule has 0 radical (unpaired) electrons. The van der Waals surface area contributed by atoms with Gasteiger partial charge in [0.25, 0.3) is 0 Å². The number of fused-ring (bicyclic) bond motifs is 1. The quantitative estimate of drug-likeness (QED) is 0.719. The number of piperidine rings is 1. The zero-order valence-corrected chi connectivity index (χ0v) is 16.7. The second kappa shape index (κ2) is 8.69. The third kappa shape index (κ3) is 4.97. The van der Waals surface area contributed by atoms with Gasteiger partial charge in [0.2, 0.25) is 0 Å². The van der Waals surface area contributed by atoms with Gasteiger partial charge in [0.1, 0.15) is 0 Å². The molecule has 2 aliphatic heterocycles. The molecule has 0 bridgehead atoms. The first-order valence-electron chi connectivity index (χ1n) is 10.7. The summed E-state index contributed by atoms with van der Waals surface area (Å²) in [7, 11) is 0. The van der Waals surface area contributed by atoms with Crippen LogP contribution in [0.4, 0.5) is 0 Å². The largest absolute Gasteiger partial charge is 0.396 e. The van der Waals surface area contributed by atoms with Crippen molar-refractivity contribution in [3.8, 4) is 0 Å². The number of hydrogen-bond donors (Lipinski definition) is 2. The minimum Gasteiger partial charge on any atom is -0.396 e. The van der Waals surface area contributed by atoms with Crippen molar-refractivity contribution >= 4 is 0 Å². The second-order valence-corrected chi connectivity index (χ2v) is 9.74. The molecule has 4 heteroatoms. The van der Waals surface area contributed by atoms with E-state index in [1.807, 2.05) is 0 Å². The van der Waals surface area contributed by atoms with Gasteiger partial charge in [0.05, 0.1) is 12.3 Å². The van der Waals surface area contributed by atoms with Crippen LogP contribution in [0.2, 0.25) is 0 Å². The standard InChI is InChI=1S/C21H40N2O2/c1-21(2,3)19-13-17-12-18(25-11-7-10-24)14-22-20(17)23(19)15-16-8-5-4-6-9-16/h16-20,22,24H,4-15H2,1-3H3. The molecule has 0 aromatic rings. The Morgan fingerprint density at radius 3 is 2.56 bits per heavy atom. The first-order chi connectivity index (χ1) is 12.0. The van der Waals surface area contributed by atoms with E-state index in [-0.39, 0.29) is 6.61 Å². The van der Waals surface area contributed by atoms with Gasteiger partial charge >= 0.3 is 0 Å². The van der Waals surface area contributed by atoms with Crippen molar-refractivity contribution in [2.45, 2.75) is 90.4 Å². The maximum atomic E-state index is 8.96. The van der Waals surface area contributed by atoms with Crippen LogP contribution in [-0.4, -0.2) is 54.6 Å².